The monoisotopic (exact) mass is 603 g/mol. The van der Waals surface area contributed by atoms with Crippen molar-refractivity contribution in [1.82, 2.24) is 14.5 Å². The van der Waals surface area contributed by atoms with Gasteiger partial charge in [-0.2, -0.15) is 5.26 Å². The fraction of sp³-hybridized carbons (Fsp3) is 0.207. The third-order valence-electron chi connectivity index (χ3n) is 6.20. The number of hydrogen-bond acceptors (Lipinski definition) is 10. The molecule has 0 atom stereocenters. The molecule has 0 saturated carbocycles. The van der Waals surface area contributed by atoms with Crippen LogP contribution in [0.3, 0.4) is 0 Å². The SMILES string of the molecule is COc1cc(/C=c2/s/c(=C(/C#N)C(=O)N3CCOCC3)n(-c3ccccc3)c2=O)ccc1OCC(=O)Nc1nccs1. The van der Waals surface area contributed by atoms with Crippen LogP contribution in [0.2, 0.25) is 0 Å². The molecule has 0 aliphatic carbocycles. The molecule has 4 aromatic rings. The molecule has 1 saturated heterocycles. The molecule has 0 unspecified atom stereocenters. The summed E-state index contributed by atoms with van der Waals surface area (Å²) in [5.74, 6) is -0.113. The van der Waals surface area contributed by atoms with Gasteiger partial charge in [-0.1, -0.05) is 24.3 Å². The van der Waals surface area contributed by atoms with Gasteiger partial charge in [0, 0.05) is 24.7 Å². The summed E-state index contributed by atoms with van der Waals surface area (Å²) >= 11 is 2.36. The van der Waals surface area contributed by atoms with Crippen molar-refractivity contribution < 1.29 is 23.8 Å². The van der Waals surface area contributed by atoms with E-state index in [0.717, 1.165) is 11.3 Å². The van der Waals surface area contributed by atoms with E-state index in [0.29, 0.717) is 58.7 Å². The van der Waals surface area contributed by atoms with Gasteiger partial charge in [-0.3, -0.25) is 24.3 Å². The van der Waals surface area contributed by atoms with E-state index >= 15 is 0 Å². The zero-order chi connectivity index (χ0) is 29.5. The van der Waals surface area contributed by atoms with Crippen LogP contribution in [0.1, 0.15) is 5.56 Å². The fourth-order valence-corrected chi connectivity index (χ4v) is 5.84. The van der Waals surface area contributed by atoms with Crippen molar-refractivity contribution in [1.29, 1.82) is 5.26 Å². The number of carbonyl (C=O) groups is 2. The minimum atomic E-state index is -0.444. The standard InChI is InChI=1S/C29H25N5O6S2/c1-38-23-15-19(7-8-22(23)40-18-25(35)32-29-31-9-14-41-29)16-24-27(37)34(20-5-3-2-4-6-20)28(42-24)21(17-30)26(36)33-10-12-39-13-11-33/h2-9,14-16H,10-13,18H2,1H3,(H,31,32,35)/b24-16+,28-21-. The first-order valence-electron chi connectivity index (χ1n) is 12.8. The van der Waals surface area contributed by atoms with E-state index in [1.165, 1.54) is 23.0 Å². The molecule has 0 bridgehead atoms. The Hall–Kier alpha value is -4.77. The zero-order valence-electron chi connectivity index (χ0n) is 22.4. The van der Waals surface area contributed by atoms with Crippen molar-refractivity contribution in [3.05, 3.63) is 85.2 Å². The van der Waals surface area contributed by atoms with Gasteiger partial charge in [0.2, 0.25) is 0 Å². The van der Waals surface area contributed by atoms with Gasteiger partial charge in [0.1, 0.15) is 10.7 Å². The molecule has 1 aliphatic rings. The van der Waals surface area contributed by atoms with Crippen molar-refractivity contribution in [3.63, 3.8) is 0 Å². The second kappa shape index (κ2) is 13.3. The molecule has 11 nitrogen and oxygen atoms in total. The summed E-state index contributed by atoms with van der Waals surface area (Å²) in [5.41, 5.74) is 0.671. The van der Waals surface area contributed by atoms with Crippen LogP contribution in [0.15, 0.2) is 64.9 Å². The maximum absolute atomic E-state index is 13.7. The quantitative estimate of drug-likeness (QED) is 0.322. The second-order valence-electron chi connectivity index (χ2n) is 8.87. The highest BCUT2D eigenvalue weighted by molar-refractivity contribution is 7.13. The lowest BCUT2D eigenvalue weighted by Gasteiger charge is -2.26. The molecule has 42 heavy (non-hydrogen) atoms. The van der Waals surface area contributed by atoms with E-state index in [4.69, 9.17) is 14.2 Å². The Morgan fingerprint density at radius 1 is 1.17 bits per heavy atom. The number of benzene rings is 2. The molecule has 0 radical (unpaired) electrons. The van der Waals surface area contributed by atoms with Crippen molar-refractivity contribution in [2.75, 3.05) is 45.3 Å². The largest absolute Gasteiger partial charge is 0.493 e. The van der Waals surface area contributed by atoms with Crippen molar-refractivity contribution in [3.8, 4) is 23.3 Å². The number of nitrogens with zero attached hydrogens (tertiary/aromatic N) is 4. The number of carbonyl (C=O) groups excluding carboxylic acids is 2. The summed E-state index contributed by atoms with van der Waals surface area (Å²) in [6.45, 7) is 1.25. The number of anilines is 1. The van der Waals surface area contributed by atoms with Crippen LogP contribution in [-0.4, -0.2) is 66.3 Å². The van der Waals surface area contributed by atoms with Crippen molar-refractivity contribution in [2.24, 2.45) is 0 Å². The van der Waals surface area contributed by atoms with Crippen molar-refractivity contribution in [2.45, 2.75) is 0 Å². The van der Waals surface area contributed by atoms with Gasteiger partial charge in [0.15, 0.2) is 28.8 Å². The minimum absolute atomic E-state index is 0.111. The lowest BCUT2D eigenvalue weighted by molar-refractivity contribution is -0.128. The van der Waals surface area contributed by atoms with Crippen LogP contribution >= 0.6 is 22.7 Å². The maximum atomic E-state index is 13.7. The Bertz CT molecular complexity index is 1800. The lowest BCUT2D eigenvalue weighted by Crippen LogP contribution is -2.42. The molecule has 2 aromatic carbocycles. The number of thiazole rings is 2. The zero-order valence-corrected chi connectivity index (χ0v) is 24.1. The molecule has 214 valence electrons. The number of para-hydroxylation sites is 1. The molecule has 13 heteroatoms. The van der Waals surface area contributed by atoms with Crippen LogP contribution in [0, 0.1) is 11.3 Å². The summed E-state index contributed by atoms with van der Waals surface area (Å²) in [5, 5.41) is 14.9. The number of rotatable bonds is 8. The van der Waals surface area contributed by atoms with Gasteiger partial charge >= 0.3 is 0 Å². The van der Waals surface area contributed by atoms with Crippen LogP contribution in [-0.2, 0) is 14.3 Å². The highest BCUT2D eigenvalue weighted by Crippen LogP contribution is 2.28. The highest BCUT2D eigenvalue weighted by Gasteiger charge is 2.24. The van der Waals surface area contributed by atoms with Gasteiger partial charge in [0.05, 0.1) is 30.5 Å². The second-order valence-corrected chi connectivity index (χ2v) is 10.8. The molecular weight excluding hydrogens is 578 g/mol. The molecule has 1 fully saturated rings. The van der Waals surface area contributed by atoms with Gasteiger partial charge in [0.25, 0.3) is 17.4 Å². The first-order valence-corrected chi connectivity index (χ1v) is 14.5. The van der Waals surface area contributed by atoms with Crippen LogP contribution in [0.5, 0.6) is 11.5 Å². The Morgan fingerprint density at radius 3 is 2.64 bits per heavy atom. The van der Waals surface area contributed by atoms with E-state index in [9.17, 15) is 19.6 Å². The first kappa shape index (κ1) is 28.7. The maximum Gasteiger partial charge on any atom is 0.273 e. The molecule has 5 rings (SSSR count). The molecule has 0 spiro atoms. The predicted octanol–water partition coefficient (Wildman–Crippen LogP) is 1.74. The van der Waals surface area contributed by atoms with Crippen LogP contribution < -0.4 is 29.5 Å². The number of nitrogens with one attached hydrogen (secondary N) is 1. The Labute approximate surface area is 248 Å². The normalized spacial score (nSPS) is 14.2. The summed E-state index contributed by atoms with van der Waals surface area (Å²) in [6, 6.07) is 15.9. The number of amides is 2. The van der Waals surface area contributed by atoms with Gasteiger partial charge in [-0.15, -0.1) is 22.7 Å². The summed E-state index contributed by atoms with van der Waals surface area (Å²) in [6.07, 6.45) is 3.25. The molecule has 1 N–H and O–H groups in total. The van der Waals surface area contributed by atoms with Crippen LogP contribution in [0.25, 0.3) is 17.3 Å². The number of hydrogen-bond donors (Lipinski definition) is 1. The van der Waals surface area contributed by atoms with Crippen LogP contribution in [0.4, 0.5) is 5.13 Å². The number of morpholine rings is 1. The average molecular weight is 604 g/mol. The number of methoxy groups -OCH3 is 1. The molecule has 2 aromatic heterocycles. The summed E-state index contributed by atoms with van der Waals surface area (Å²) in [7, 11) is 1.47. The number of ether oxygens (including phenoxy) is 3. The third-order valence-corrected chi connectivity index (χ3v) is 7.98. The minimum Gasteiger partial charge on any atom is -0.493 e. The lowest BCUT2D eigenvalue weighted by atomic mass is 10.2. The number of nitriles is 1. The molecule has 3 heterocycles. The smallest absolute Gasteiger partial charge is 0.273 e. The predicted molar refractivity (Wildman–Crippen MR) is 158 cm³/mol. The van der Waals surface area contributed by atoms with Gasteiger partial charge < -0.3 is 19.1 Å². The molecule has 2 amide bonds. The van der Waals surface area contributed by atoms with E-state index in [-0.39, 0.29) is 28.3 Å². The molecular formula is C29H25N5O6S2. The summed E-state index contributed by atoms with van der Waals surface area (Å²) in [4.78, 5) is 44.8. The van der Waals surface area contributed by atoms with E-state index < -0.39 is 5.91 Å². The highest BCUT2D eigenvalue weighted by atomic mass is 32.1. The van der Waals surface area contributed by atoms with Crippen molar-refractivity contribution >= 4 is 51.3 Å². The molecule has 1 aliphatic heterocycles. The summed E-state index contributed by atoms with van der Waals surface area (Å²) < 4.78 is 18.4. The third kappa shape index (κ3) is 6.41. The van der Waals surface area contributed by atoms with E-state index in [1.54, 1.807) is 65.0 Å². The average Bonchev–Trinajstić information content (AvgIpc) is 3.65. The van der Waals surface area contributed by atoms with E-state index in [1.807, 2.05) is 12.1 Å². The van der Waals surface area contributed by atoms with Gasteiger partial charge in [-0.25, -0.2) is 4.98 Å². The van der Waals surface area contributed by atoms with Gasteiger partial charge in [-0.05, 0) is 35.9 Å². The topological polar surface area (TPSA) is 136 Å². The first-order chi connectivity index (χ1) is 20.5. The van der Waals surface area contributed by atoms with E-state index in [2.05, 4.69) is 10.3 Å². The Morgan fingerprint density at radius 2 is 1.95 bits per heavy atom. The number of aromatic nitrogens is 2. The Balaban J connectivity index is 1.52. The fourth-order valence-electron chi connectivity index (χ4n) is 4.20. The Kier molecular flexibility index (Phi) is 9.08.